The molecule has 4 nitrogen and oxygen atoms in total. The van der Waals surface area contributed by atoms with E-state index in [1.807, 2.05) is 0 Å². The van der Waals surface area contributed by atoms with Gasteiger partial charge >= 0.3 is 0 Å². The summed E-state index contributed by atoms with van der Waals surface area (Å²) in [4.78, 5) is 0. The van der Waals surface area contributed by atoms with Gasteiger partial charge in [-0.3, -0.25) is 0 Å². The summed E-state index contributed by atoms with van der Waals surface area (Å²) in [7, 11) is 0. The molecular weight excluding hydrogens is 236 g/mol. The third-order valence-corrected chi connectivity index (χ3v) is 4.40. The van der Waals surface area contributed by atoms with Crippen LogP contribution in [0.2, 0.25) is 0 Å². The maximum absolute atomic E-state index is 4.41. The van der Waals surface area contributed by atoms with Crippen molar-refractivity contribution in [1.82, 2.24) is 15.5 Å². The van der Waals surface area contributed by atoms with Crippen molar-refractivity contribution in [2.24, 2.45) is 0 Å². The first-order chi connectivity index (χ1) is 9.42. The molecule has 2 fully saturated rings. The Morgan fingerprint density at radius 3 is 2.63 bits per heavy atom. The zero-order valence-corrected chi connectivity index (χ0v) is 11.6. The fraction of sp³-hybridized carbons (Fsp3) is 0.733. The summed E-state index contributed by atoms with van der Waals surface area (Å²) in [5.74, 6) is 1.56. The molecule has 19 heavy (non-hydrogen) atoms. The van der Waals surface area contributed by atoms with Crippen LogP contribution in [-0.2, 0) is 0 Å². The second kappa shape index (κ2) is 6.33. The average Bonchev–Trinajstić information content (AvgIpc) is 3.00. The molecule has 1 atom stereocenters. The summed E-state index contributed by atoms with van der Waals surface area (Å²) in [5.41, 5.74) is 1.18. The van der Waals surface area contributed by atoms with Gasteiger partial charge in [0.15, 0.2) is 0 Å². The predicted octanol–water partition coefficient (Wildman–Crippen LogP) is 2.69. The van der Waals surface area contributed by atoms with Gasteiger partial charge in [-0.2, -0.15) is 5.10 Å². The van der Waals surface area contributed by atoms with Gasteiger partial charge in [-0.1, -0.05) is 19.3 Å². The molecule has 1 unspecified atom stereocenters. The lowest BCUT2D eigenvalue weighted by Crippen LogP contribution is -2.29. The molecule has 2 N–H and O–H groups in total. The summed E-state index contributed by atoms with van der Waals surface area (Å²) >= 11 is 0. The lowest BCUT2D eigenvalue weighted by Gasteiger charge is -2.20. The van der Waals surface area contributed by atoms with Crippen LogP contribution >= 0.6 is 0 Å². The second-order valence-corrected chi connectivity index (χ2v) is 5.85. The lowest BCUT2D eigenvalue weighted by atomic mass is 9.87. The predicted molar refractivity (Wildman–Crippen MR) is 77.4 cm³/mol. The number of anilines is 1. The molecule has 3 rings (SSSR count). The van der Waals surface area contributed by atoms with E-state index < -0.39 is 0 Å². The molecule has 4 heteroatoms. The summed E-state index contributed by atoms with van der Waals surface area (Å²) in [5, 5.41) is 15.6. The van der Waals surface area contributed by atoms with Crippen LogP contribution in [0, 0.1) is 0 Å². The average molecular weight is 260 g/mol. The molecule has 0 radical (unpaired) electrons. The molecule has 1 saturated carbocycles. The number of hydrogen-bond donors (Lipinski definition) is 2. The SMILES string of the molecule is c1cc(C2CCCCC2)nnc1NCC1CCCN1. The van der Waals surface area contributed by atoms with Crippen molar-refractivity contribution in [3.63, 3.8) is 0 Å². The number of hydrogen-bond acceptors (Lipinski definition) is 4. The van der Waals surface area contributed by atoms with Crippen molar-refractivity contribution in [2.75, 3.05) is 18.4 Å². The zero-order valence-electron chi connectivity index (χ0n) is 11.6. The van der Waals surface area contributed by atoms with Crippen molar-refractivity contribution >= 4 is 5.82 Å². The third kappa shape index (κ3) is 3.44. The molecule has 1 saturated heterocycles. The molecular formula is C15H24N4. The number of aromatic nitrogens is 2. The highest BCUT2D eigenvalue weighted by Crippen LogP contribution is 2.31. The number of nitrogens with zero attached hydrogens (tertiary/aromatic N) is 2. The first-order valence-electron chi connectivity index (χ1n) is 7.73. The van der Waals surface area contributed by atoms with Gasteiger partial charge in [0.1, 0.15) is 5.82 Å². The molecule has 0 amide bonds. The summed E-state index contributed by atoms with van der Waals surface area (Å²) < 4.78 is 0. The minimum Gasteiger partial charge on any atom is -0.367 e. The highest BCUT2D eigenvalue weighted by atomic mass is 15.2. The summed E-state index contributed by atoms with van der Waals surface area (Å²) in [6.45, 7) is 2.11. The van der Waals surface area contributed by atoms with E-state index >= 15 is 0 Å². The van der Waals surface area contributed by atoms with Crippen molar-refractivity contribution in [2.45, 2.75) is 56.9 Å². The van der Waals surface area contributed by atoms with Gasteiger partial charge in [0.25, 0.3) is 0 Å². The van der Waals surface area contributed by atoms with E-state index in [1.54, 1.807) is 0 Å². The molecule has 1 aliphatic heterocycles. The Hall–Kier alpha value is -1.16. The first-order valence-corrected chi connectivity index (χ1v) is 7.73. The standard InChI is InChI=1S/C15H24N4/c1-2-5-12(6-3-1)14-8-9-15(19-18-14)17-11-13-7-4-10-16-13/h8-9,12-13,16H,1-7,10-11H2,(H,17,19). The van der Waals surface area contributed by atoms with E-state index in [9.17, 15) is 0 Å². The molecule has 0 aromatic carbocycles. The van der Waals surface area contributed by atoms with E-state index in [-0.39, 0.29) is 0 Å². The van der Waals surface area contributed by atoms with Crippen LogP contribution in [0.5, 0.6) is 0 Å². The molecule has 0 bridgehead atoms. The number of nitrogens with one attached hydrogen (secondary N) is 2. The Morgan fingerprint density at radius 2 is 1.95 bits per heavy atom. The van der Waals surface area contributed by atoms with Crippen LogP contribution in [0.3, 0.4) is 0 Å². The van der Waals surface area contributed by atoms with Crippen molar-refractivity contribution < 1.29 is 0 Å². The van der Waals surface area contributed by atoms with Crippen LogP contribution in [0.25, 0.3) is 0 Å². The first kappa shape index (κ1) is 12.9. The Bertz CT molecular complexity index is 378. The Morgan fingerprint density at radius 1 is 1.05 bits per heavy atom. The van der Waals surface area contributed by atoms with Crippen LogP contribution in [0.15, 0.2) is 12.1 Å². The Kier molecular flexibility index (Phi) is 4.28. The van der Waals surface area contributed by atoms with Crippen molar-refractivity contribution in [1.29, 1.82) is 0 Å². The molecule has 1 aliphatic carbocycles. The van der Waals surface area contributed by atoms with Crippen molar-refractivity contribution in [3.05, 3.63) is 17.8 Å². The molecule has 2 aliphatic rings. The fourth-order valence-corrected chi connectivity index (χ4v) is 3.21. The minimum atomic E-state index is 0.597. The maximum Gasteiger partial charge on any atom is 0.148 e. The maximum atomic E-state index is 4.41. The van der Waals surface area contributed by atoms with Crippen LogP contribution in [-0.4, -0.2) is 29.3 Å². The van der Waals surface area contributed by atoms with Crippen LogP contribution in [0.4, 0.5) is 5.82 Å². The van der Waals surface area contributed by atoms with E-state index in [1.165, 1.54) is 50.6 Å². The van der Waals surface area contributed by atoms with Gasteiger partial charge in [-0.15, -0.1) is 5.10 Å². The normalized spacial score (nSPS) is 24.5. The van der Waals surface area contributed by atoms with E-state index in [2.05, 4.69) is 33.0 Å². The van der Waals surface area contributed by atoms with Gasteiger partial charge in [-0.25, -0.2) is 0 Å². The molecule has 1 aromatic rings. The second-order valence-electron chi connectivity index (χ2n) is 5.85. The van der Waals surface area contributed by atoms with Gasteiger partial charge in [0, 0.05) is 18.5 Å². The monoisotopic (exact) mass is 260 g/mol. The van der Waals surface area contributed by atoms with Crippen LogP contribution < -0.4 is 10.6 Å². The number of rotatable bonds is 4. The molecule has 0 spiro atoms. The van der Waals surface area contributed by atoms with Crippen LogP contribution in [0.1, 0.15) is 56.6 Å². The fourth-order valence-electron chi connectivity index (χ4n) is 3.21. The van der Waals surface area contributed by atoms with Gasteiger partial charge < -0.3 is 10.6 Å². The highest BCUT2D eigenvalue weighted by molar-refractivity contribution is 5.33. The molecule has 104 valence electrons. The summed E-state index contributed by atoms with van der Waals surface area (Å²) in [6, 6.07) is 4.85. The zero-order chi connectivity index (χ0) is 12.9. The highest BCUT2D eigenvalue weighted by Gasteiger charge is 2.17. The quantitative estimate of drug-likeness (QED) is 0.874. The Labute approximate surface area is 115 Å². The largest absolute Gasteiger partial charge is 0.367 e. The van der Waals surface area contributed by atoms with E-state index in [0.717, 1.165) is 18.9 Å². The Balaban J connectivity index is 1.52. The minimum absolute atomic E-state index is 0.597. The van der Waals surface area contributed by atoms with Gasteiger partial charge in [-0.05, 0) is 44.4 Å². The van der Waals surface area contributed by atoms with E-state index in [4.69, 9.17) is 0 Å². The third-order valence-electron chi connectivity index (χ3n) is 4.40. The smallest absolute Gasteiger partial charge is 0.148 e. The topological polar surface area (TPSA) is 49.8 Å². The summed E-state index contributed by atoms with van der Waals surface area (Å²) in [6.07, 6.45) is 9.21. The molecule has 2 heterocycles. The lowest BCUT2D eigenvalue weighted by molar-refractivity contribution is 0.434. The van der Waals surface area contributed by atoms with E-state index in [0.29, 0.717) is 12.0 Å². The van der Waals surface area contributed by atoms with Crippen molar-refractivity contribution in [3.8, 4) is 0 Å². The van der Waals surface area contributed by atoms with Gasteiger partial charge in [0.05, 0.1) is 5.69 Å². The molecule has 1 aromatic heterocycles. The van der Waals surface area contributed by atoms with Gasteiger partial charge in [0.2, 0.25) is 0 Å².